The Hall–Kier alpha value is -0.570. The van der Waals surface area contributed by atoms with Crippen molar-refractivity contribution in [1.82, 2.24) is 4.90 Å². The van der Waals surface area contributed by atoms with Crippen LogP contribution in [0.4, 0.5) is 0 Å². The summed E-state index contributed by atoms with van der Waals surface area (Å²) in [5.41, 5.74) is 5.58. The fourth-order valence-electron chi connectivity index (χ4n) is 0.959. The molecule has 78 valence electrons. The van der Waals surface area contributed by atoms with Crippen molar-refractivity contribution in [2.75, 3.05) is 7.05 Å². The first-order chi connectivity index (χ1) is 5.86. The Kier molecular flexibility index (Phi) is 4.40. The molecule has 0 radical (unpaired) electrons. The molecule has 1 amide bonds. The van der Waals surface area contributed by atoms with Crippen molar-refractivity contribution in [3.8, 4) is 0 Å². The van der Waals surface area contributed by atoms with Gasteiger partial charge in [0.15, 0.2) is 0 Å². The third-order valence-corrected chi connectivity index (χ3v) is 2.86. The molecule has 0 spiro atoms. The largest absolute Gasteiger partial charge is 0.339 e. The summed E-state index contributed by atoms with van der Waals surface area (Å²) >= 11 is 0. The van der Waals surface area contributed by atoms with Crippen LogP contribution in [0.2, 0.25) is 0 Å². The summed E-state index contributed by atoms with van der Waals surface area (Å²) < 4.78 is 0. The Bertz CT molecular complexity index is 178. The van der Waals surface area contributed by atoms with Crippen molar-refractivity contribution in [3.63, 3.8) is 0 Å². The van der Waals surface area contributed by atoms with Crippen molar-refractivity contribution >= 4 is 5.91 Å². The molecule has 0 aliphatic heterocycles. The van der Waals surface area contributed by atoms with E-state index in [2.05, 4.69) is 6.92 Å². The maximum absolute atomic E-state index is 11.7. The lowest BCUT2D eigenvalue weighted by Gasteiger charge is -2.36. The van der Waals surface area contributed by atoms with E-state index in [9.17, 15) is 4.79 Å². The number of hydrogen-bond donors (Lipinski definition) is 1. The highest BCUT2D eigenvalue weighted by Gasteiger charge is 2.27. The van der Waals surface area contributed by atoms with E-state index in [0.29, 0.717) is 6.42 Å². The van der Waals surface area contributed by atoms with Crippen molar-refractivity contribution in [3.05, 3.63) is 0 Å². The lowest BCUT2D eigenvalue weighted by molar-refractivity contribution is -0.136. The Morgan fingerprint density at radius 2 is 1.92 bits per heavy atom. The van der Waals surface area contributed by atoms with E-state index in [4.69, 9.17) is 5.73 Å². The molecule has 0 saturated carbocycles. The first-order valence-electron chi connectivity index (χ1n) is 4.90. The molecule has 0 heterocycles. The summed E-state index contributed by atoms with van der Waals surface area (Å²) in [5, 5.41) is 0. The monoisotopic (exact) mass is 186 g/mol. The van der Waals surface area contributed by atoms with Gasteiger partial charge >= 0.3 is 0 Å². The maximum atomic E-state index is 11.7. The van der Waals surface area contributed by atoms with Crippen LogP contribution in [0, 0.1) is 0 Å². The zero-order chi connectivity index (χ0) is 10.6. The predicted octanol–water partition coefficient (Wildman–Crippen LogP) is 1.37. The zero-order valence-electron chi connectivity index (χ0n) is 9.42. The molecular weight excluding hydrogens is 164 g/mol. The summed E-state index contributed by atoms with van der Waals surface area (Å²) in [6, 6.07) is -0.351. The van der Waals surface area contributed by atoms with Gasteiger partial charge in [0.25, 0.3) is 0 Å². The number of carbonyl (C=O) groups is 1. The van der Waals surface area contributed by atoms with E-state index in [0.717, 1.165) is 6.42 Å². The SMILES string of the molecule is CC[C@H](N)C(=O)N(C)C(C)(C)CC. The number of nitrogens with two attached hydrogens (primary N) is 1. The Morgan fingerprint density at radius 1 is 1.46 bits per heavy atom. The second kappa shape index (κ2) is 4.61. The quantitative estimate of drug-likeness (QED) is 0.720. The third-order valence-electron chi connectivity index (χ3n) is 2.86. The maximum Gasteiger partial charge on any atom is 0.239 e. The van der Waals surface area contributed by atoms with Gasteiger partial charge in [0.05, 0.1) is 6.04 Å². The lowest BCUT2D eigenvalue weighted by Crippen LogP contribution is -2.51. The van der Waals surface area contributed by atoms with Crippen LogP contribution in [0.3, 0.4) is 0 Å². The van der Waals surface area contributed by atoms with Gasteiger partial charge in [-0.15, -0.1) is 0 Å². The fraction of sp³-hybridized carbons (Fsp3) is 0.900. The minimum absolute atomic E-state index is 0.0364. The molecule has 2 N–H and O–H groups in total. The molecule has 0 saturated heterocycles. The number of likely N-dealkylation sites (N-methyl/N-ethyl adjacent to an activating group) is 1. The normalized spacial score (nSPS) is 14.0. The van der Waals surface area contributed by atoms with Crippen molar-refractivity contribution < 1.29 is 4.79 Å². The van der Waals surface area contributed by atoms with Gasteiger partial charge in [-0.25, -0.2) is 0 Å². The van der Waals surface area contributed by atoms with E-state index in [-0.39, 0.29) is 17.5 Å². The van der Waals surface area contributed by atoms with Crippen molar-refractivity contribution in [2.45, 2.75) is 52.1 Å². The Morgan fingerprint density at radius 3 is 2.23 bits per heavy atom. The van der Waals surface area contributed by atoms with Crippen molar-refractivity contribution in [2.24, 2.45) is 5.73 Å². The standard InChI is InChI=1S/C10H22N2O/c1-6-8(11)9(13)12(5)10(3,4)7-2/h8H,6-7,11H2,1-5H3/t8-/m0/s1. The van der Waals surface area contributed by atoms with E-state index >= 15 is 0 Å². The topological polar surface area (TPSA) is 46.3 Å². The zero-order valence-corrected chi connectivity index (χ0v) is 9.42. The molecule has 0 rings (SSSR count). The number of nitrogens with zero attached hydrogens (tertiary/aromatic N) is 1. The minimum Gasteiger partial charge on any atom is -0.339 e. The molecule has 0 aromatic rings. The fourth-order valence-corrected chi connectivity index (χ4v) is 0.959. The number of rotatable bonds is 4. The highest BCUT2D eigenvalue weighted by atomic mass is 16.2. The van der Waals surface area contributed by atoms with Gasteiger partial charge in [-0.2, -0.15) is 0 Å². The summed E-state index contributed by atoms with van der Waals surface area (Å²) in [6.07, 6.45) is 1.63. The summed E-state index contributed by atoms with van der Waals surface area (Å²) in [5.74, 6) is 0.0364. The van der Waals surface area contributed by atoms with Gasteiger partial charge in [-0.05, 0) is 26.7 Å². The molecule has 0 bridgehead atoms. The molecule has 0 fully saturated rings. The van der Waals surface area contributed by atoms with Crippen LogP contribution in [0.25, 0.3) is 0 Å². The van der Waals surface area contributed by atoms with Gasteiger partial charge in [0.2, 0.25) is 5.91 Å². The van der Waals surface area contributed by atoms with Gasteiger partial charge < -0.3 is 10.6 Å². The first-order valence-corrected chi connectivity index (χ1v) is 4.90. The van der Waals surface area contributed by atoms with Crippen LogP contribution in [-0.2, 0) is 4.79 Å². The Balaban J connectivity index is 4.42. The smallest absolute Gasteiger partial charge is 0.239 e. The summed E-state index contributed by atoms with van der Waals surface area (Å²) in [6.45, 7) is 8.09. The lowest BCUT2D eigenvalue weighted by atomic mass is 9.99. The van der Waals surface area contributed by atoms with Gasteiger partial charge in [0.1, 0.15) is 0 Å². The number of carbonyl (C=O) groups excluding carboxylic acids is 1. The molecule has 0 aromatic carbocycles. The Labute approximate surface area is 81.3 Å². The van der Waals surface area contributed by atoms with Crippen LogP contribution >= 0.6 is 0 Å². The molecule has 1 atom stereocenters. The summed E-state index contributed by atoms with van der Waals surface area (Å²) in [7, 11) is 1.82. The van der Waals surface area contributed by atoms with Crippen LogP contribution in [-0.4, -0.2) is 29.4 Å². The van der Waals surface area contributed by atoms with Crippen molar-refractivity contribution in [1.29, 1.82) is 0 Å². The summed E-state index contributed by atoms with van der Waals surface area (Å²) in [4.78, 5) is 13.4. The second-order valence-electron chi connectivity index (χ2n) is 4.08. The van der Waals surface area contributed by atoms with Crippen LogP contribution in [0.1, 0.15) is 40.5 Å². The molecule has 3 nitrogen and oxygen atoms in total. The molecule has 13 heavy (non-hydrogen) atoms. The highest BCUT2D eigenvalue weighted by molar-refractivity contribution is 5.81. The van der Waals surface area contributed by atoms with Gasteiger partial charge in [-0.3, -0.25) is 4.79 Å². The van der Waals surface area contributed by atoms with Gasteiger partial charge in [0, 0.05) is 12.6 Å². The predicted molar refractivity (Wildman–Crippen MR) is 55.4 cm³/mol. The molecule has 0 aliphatic rings. The minimum atomic E-state index is -0.351. The van der Waals surface area contributed by atoms with Gasteiger partial charge in [-0.1, -0.05) is 13.8 Å². The first kappa shape index (κ1) is 12.4. The number of amides is 1. The third kappa shape index (κ3) is 2.99. The van der Waals surface area contributed by atoms with E-state index in [1.165, 1.54) is 0 Å². The molecular formula is C10H22N2O. The molecule has 0 unspecified atom stereocenters. The number of hydrogen-bond acceptors (Lipinski definition) is 2. The molecule has 3 heteroatoms. The molecule has 0 aromatic heterocycles. The average molecular weight is 186 g/mol. The average Bonchev–Trinajstić information content (AvgIpc) is 2.14. The van der Waals surface area contributed by atoms with E-state index in [1.54, 1.807) is 4.90 Å². The molecule has 0 aliphatic carbocycles. The second-order valence-corrected chi connectivity index (χ2v) is 4.08. The van der Waals surface area contributed by atoms with Crippen LogP contribution in [0.15, 0.2) is 0 Å². The highest BCUT2D eigenvalue weighted by Crippen LogP contribution is 2.17. The van der Waals surface area contributed by atoms with E-state index in [1.807, 2.05) is 27.8 Å². The van der Waals surface area contributed by atoms with Crippen LogP contribution in [0.5, 0.6) is 0 Å². The van der Waals surface area contributed by atoms with Crippen LogP contribution < -0.4 is 5.73 Å². The van der Waals surface area contributed by atoms with E-state index < -0.39 is 0 Å².